The number of para-hydroxylation sites is 2. The van der Waals surface area contributed by atoms with Crippen molar-refractivity contribution in [3.63, 3.8) is 0 Å². The summed E-state index contributed by atoms with van der Waals surface area (Å²) in [5.74, 6) is 0.624. The fourth-order valence-corrected chi connectivity index (χ4v) is 4.62. The van der Waals surface area contributed by atoms with Crippen molar-refractivity contribution >= 4 is 46.4 Å². The third-order valence-corrected chi connectivity index (χ3v) is 6.29. The molecule has 0 saturated carbocycles. The number of piperazine rings is 1. The molecule has 7 nitrogen and oxygen atoms in total. The molecule has 3 heterocycles. The van der Waals surface area contributed by atoms with Gasteiger partial charge in [-0.3, -0.25) is 9.59 Å². The van der Waals surface area contributed by atoms with Crippen molar-refractivity contribution in [2.24, 2.45) is 0 Å². The van der Waals surface area contributed by atoms with Gasteiger partial charge in [0, 0.05) is 43.7 Å². The summed E-state index contributed by atoms with van der Waals surface area (Å²) >= 11 is 5.34. The lowest BCUT2D eigenvalue weighted by atomic mass is 10.1. The zero-order valence-corrected chi connectivity index (χ0v) is 17.8. The van der Waals surface area contributed by atoms with Crippen molar-refractivity contribution in [1.29, 1.82) is 0 Å². The smallest absolute Gasteiger partial charge is 0.257 e. The van der Waals surface area contributed by atoms with Gasteiger partial charge in [-0.25, -0.2) is 9.55 Å². The van der Waals surface area contributed by atoms with Crippen molar-refractivity contribution in [2.75, 3.05) is 36.4 Å². The molecular formula is C23H23N5O2S. The van der Waals surface area contributed by atoms with Gasteiger partial charge in [-0.05, 0) is 42.9 Å². The Bertz CT molecular complexity index is 1200. The minimum absolute atomic E-state index is 0.0878. The highest BCUT2D eigenvalue weighted by Crippen LogP contribution is 2.29. The van der Waals surface area contributed by atoms with Crippen LogP contribution in [-0.4, -0.2) is 58.5 Å². The lowest BCUT2D eigenvalue weighted by Gasteiger charge is -2.36. The Balaban J connectivity index is 1.21. The van der Waals surface area contributed by atoms with Crippen LogP contribution in [0.4, 0.5) is 11.5 Å². The van der Waals surface area contributed by atoms with Crippen LogP contribution in [0.15, 0.2) is 54.6 Å². The summed E-state index contributed by atoms with van der Waals surface area (Å²) in [6, 6.07) is 17.4. The standard InChI is InChI=1S/C23H23N5O2S/c29-20(27-14-12-26(13-15-27)16-6-2-1-3-7-16)11-10-19-22(30)28-21(24-19)17-8-4-5-9-18(17)25-23(28)31/h1-9,19,24H,10-15H2/t19-/m1/s1. The number of nitrogens with zero attached hydrogens (tertiary/aromatic N) is 4. The second kappa shape index (κ2) is 8.11. The summed E-state index contributed by atoms with van der Waals surface area (Å²) in [5, 5.41) is 4.14. The first-order valence-electron chi connectivity index (χ1n) is 10.5. The highest BCUT2D eigenvalue weighted by atomic mass is 32.1. The average Bonchev–Trinajstić information content (AvgIpc) is 3.15. The van der Waals surface area contributed by atoms with E-state index in [1.54, 1.807) is 0 Å². The monoisotopic (exact) mass is 433 g/mol. The van der Waals surface area contributed by atoms with E-state index in [0.29, 0.717) is 31.7 Å². The highest BCUT2D eigenvalue weighted by molar-refractivity contribution is 7.71. The molecular weight excluding hydrogens is 410 g/mol. The molecule has 1 aromatic heterocycles. The van der Waals surface area contributed by atoms with Crippen LogP contribution in [0.25, 0.3) is 10.9 Å². The van der Waals surface area contributed by atoms with Crippen molar-refractivity contribution in [1.82, 2.24) is 14.5 Å². The van der Waals surface area contributed by atoms with Crippen LogP contribution in [0.5, 0.6) is 0 Å². The molecule has 5 rings (SSSR count). The number of carbonyl (C=O) groups excluding carboxylic acids is 2. The minimum atomic E-state index is -0.469. The van der Waals surface area contributed by atoms with Crippen LogP contribution < -0.4 is 10.2 Å². The van der Waals surface area contributed by atoms with Crippen molar-refractivity contribution in [3.8, 4) is 0 Å². The molecule has 1 N–H and O–H groups in total. The molecule has 0 aliphatic carbocycles. The van der Waals surface area contributed by atoms with Crippen LogP contribution in [0, 0.1) is 4.77 Å². The number of nitrogens with one attached hydrogen (secondary N) is 1. The van der Waals surface area contributed by atoms with Crippen molar-refractivity contribution in [3.05, 3.63) is 59.4 Å². The van der Waals surface area contributed by atoms with Gasteiger partial charge in [0.05, 0.1) is 5.52 Å². The Morgan fingerprint density at radius 2 is 1.74 bits per heavy atom. The molecule has 2 aliphatic rings. The van der Waals surface area contributed by atoms with Gasteiger partial charge in [0.1, 0.15) is 11.9 Å². The maximum Gasteiger partial charge on any atom is 0.257 e. The molecule has 0 unspecified atom stereocenters. The average molecular weight is 434 g/mol. The number of fused-ring (bicyclic) bond motifs is 3. The van der Waals surface area contributed by atoms with E-state index in [-0.39, 0.29) is 16.6 Å². The van der Waals surface area contributed by atoms with Crippen LogP contribution in [0.2, 0.25) is 0 Å². The number of rotatable bonds is 4. The van der Waals surface area contributed by atoms with Crippen LogP contribution in [-0.2, 0) is 4.79 Å². The van der Waals surface area contributed by atoms with Gasteiger partial charge in [0.25, 0.3) is 5.91 Å². The Kier molecular flexibility index (Phi) is 5.15. The maximum atomic E-state index is 12.9. The molecule has 1 amide bonds. The van der Waals surface area contributed by atoms with Gasteiger partial charge < -0.3 is 15.1 Å². The summed E-state index contributed by atoms with van der Waals surface area (Å²) in [6.07, 6.45) is 0.753. The molecule has 2 aromatic carbocycles. The lowest BCUT2D eigenvalue weighted by Crippen LogP contribution is -2.49. The summed E-state index contributed by atoms with van der Waals surface area (Å²) in [5.41, 5.74) is 1.94. The van der Waals surface area contributed by atoms with Gasteiger partial charge in [-0.15, -0.1) is 0 Å². The first kappa shape index (κ1) is 19.7. The molecule has 2 aliphatic heterocycles. The van der Waals surface area contributed by atoms with Crippen LogP contribution in [0.3, 0.4) is 0 Å². The molecule has 31 heavy (non-hydrogen) atoms. The fraction of sp³-hybridized carbons (Fsp3) is 0.304. The quantitative estimate of drug-likeness (QED) is 0.637. The second-order valence-corrected chi connectivity index (χ2v) is 8.24. The second-order valence-electron chi connectivity index (χ2n) is 7.87. The molecule has 3 aromatic rings. The summed E-state index contributed by atoms with van der Waals surface area (Å²) < 4.78 is 1.71. The van der Waals surface area contributed by atoms with E-state index >= 15 is 0 Å². The molecule has 0 spiro atoms. The lowest BCUT2D eigenvalue weighted by molar-refractivity contribution is -0.131. The number of hydrogen-bond acceptors (Lipinski definition) is 6. The molecule has 1 atom stereocenters. The van der Waals surface area contributed by atoms with E-state index in [4.69, 9.17) is 12.2 Å². The number of hydrogen-bond donors (Lipinski definition) is 1. The maximum absolute atomic E-state index is 12.9. The molecule has 0 radical (unpaired) electrons. The first-order chi connectivity index (χ1) is 15.1. The summed E-state index contributed by atoms with van der Waals surface area (Å²) in [7, 11) is 0. The van der Waals surface area contributed by atoms with E-state index in [2.05, 4.69) is 27.3 Å². The van der Waals surface area contributed by atoms with Crippen LogP contribution >= 0.6 is 12.2 Å². The molecule has 1 fully saturated rings. The fourth-order valence-electron chi connectivity index (χ4n) is 4.34. The number of carbonyl (C=O) groups is 2. The number of anilines is 2. The predicted molar refractivity (Wildman–Crippen MR) is 123 cm³/mol. The third-order valence-electron chi connectivity index (χ3n) is 6.02. The van der Waals surface area contributed by atoms with Gasteiger partial charge in [0.2, 0.25) is 10.7 Å². The number of benzene rings is 2. The molecule has 1 saturated heterocycles. The topological polar surface area (TPSA) is 70.5 Å². The highest BCUT2D eigenvalue weighted by Gasteiger charge is 2.32. The Morgan fingerprint density at radius 3 is 2.52 bits per heavy atom. The van der Waals surface area contributed by atoms with Crippen LogP contribution in [0.1, 0.15) is 17.6 Å². The molecule has 0 bridgehead atoms. The van der Waals surface area contributed by atoms with Gasteiger partial charge in [-0.1, -0.05) is 30.3 Å². The van der Waals surface area contributed by atoms with Crippen molar-refractivity contribution in [2.45, 2.75) is 18.9 Å². The third kappa shape index (κ3) is 3.67. The van der Waals surface area contributed by atoms with E-state index < -0.39 is 6.04 Å². The van der Waals surface area contributed by atoms with E-state index in [0.717, 1.165) is 24.0 Å². The van der Waals surface area contributed by atoms with E-state index in [1.165, 1.54) is 10.3 Å². The SMILES string of the molecule is O=C(CC[C@H]1Nc2c3ccccc3nc(=S)n2C1=O)N1CCN(c2ccccc2)CC1. The largest absolute Gasteiger partial charge is 0.368 e. The first-order valence-corrected chi connectivity index (χ1v) is 10.9. The zero-order valence-electron chi connectivity index (χ0n) is 17.0. The van der Waals surface area contributed by atoms with Crippen molar-refractivity contribution < 1.29 is 9.59 Å². The Hall–Kier alpha value is -3.26. The van der Waals surface area contributed by atoms with E-state index in [9.17, 15) is 9.59 Å². The number of amides is 1. The Labute approximate surface area is 185 Å². The summed E-state index contributed by atoms with van der Waals surface area (Å²) in [6.45, 7) is 3.02. The zero-order chi connectivity index (χ0) is 21.4. The number of aromatic nitrogens is 2. The molecule has 158 valence electrons. The minimum Gasteiger partial charge on any atom is -0.368 e. The molecule has 8 heteroatoms. The van der Waals surface area contributed by atoms with Gasteiger partial charge in [0.15, 0.2) is 0 Å². The predicted octanol–water partition coefficient (Wildman–Crippen LogP) is 3.33. The Morgan fingerprint density at radius 1 is 1.03 bits per heavy atom. The summed E-state index contributed by atoms with van der Waals surface area (Å²) in [4.78, 5) is 34.3. The van der Waals surface area contributed by atoms with E-state index in [1.807, 2.05) is 47.4 Å². The normalized spacial score (nSPS) is 18.2. The van der Waals surface area contributed by atoms with Gasteiger partial charge in [-0.2, -0.15) is 0 Å². The van der Waals surface area contributed by atoms with Gasteiger partial charge >= 0.3 is 0 Å².